The van der Waals surface area contributed by atoms with Crippen molar-refractivity contribution in [3.8, 4) is 0 Å². The first-order valence-corrected chi connectivity index (χ1v) is 6.93. The number of fused-ring (bicyclic) bond motifs is 1. The van der Waals surface area contributed by atoms with Crippen LogP contribution in [0.4, 0.5) is 0 Å². The Balaban J connectivity index is 1.64. The molecule has 2 aliphatic rings. The number of nitrogens with one attached hydrogen (secondary N) is 1. The highest BCUT2D eigenvalue weighted by Gasteiger charge is 2.24. The molecule has 4 nitrogen and oxygen atoms in total. The minimum Gasteiger partial charge on any atom is -0.373 e. The number of rotatable bonds is 3. The Morgan fingerprint density at radius 3 is 2.95 bits per heavy atom. The molecule has 1 saturated heterocycles. The van der Waals surface area contributed by atoms with Gasteiger partial charge in [0.05, 0.1) is 12.7 Å². The Kier molecular flexibility index (Phi) is 3.53. The fourth-order valence-electron chi connectivity index (χ4n) is 2.76. The van der Waals surface area contributed by atoms with Crippen molar-refractivity contribution in [3.63, 3.8) is 0 Å². The van der Waals surface area contributed by atoms with Crippen LogP contribution in [0.3, 0.4) is 0 Å². The summed E-state index contributed by atoms with van der Waals surface area (Å²) >= 11 is 0. The van der Waals surface area contributed by atoms with Crippen molar-refractivity contribution in [1.29, 1.82) is 0 Å². The lowest BCUT2D eigenvalue weighted by Gasteiger charge is -2.23. The highest BCUT2D eigenvalue weighted by Crippen LogP contribution is 2.23. The molecule has 0 unspecified atom stereocenters. The standard InChI is InChI=1S/C15H20N2O2/c1-17-9-12-3-2-11(8-14(12)15(17)18)10-19-13-4-6-16-7-5-13/h2-3,8,13,16H,4-7,9-10H2,1H3. The fourth-order valence-corrected chi connectivity index (χ4v) is 2.76. The third-order valence-corrected chi connectivity index (χ3v) is 3.93. The Hall–Kier alpha value is -1.39. The second-order valence-electron chi connectivity index (χ2n) is 5.41. The molecule has 1 N–H and O–H groups in total. The van der Waals surface area contributed by atoms with Crippen LogP contribution in [0.25, 0.3) is 0 Å². The molecule has 102 valence electrons. The predicted octanol–water partition coefficient (Wildman–Crippen LogP) is 1.54. The van der Waals surface area contributed by atoms with Crippen LogP contribution in [-0.4, -0.2) is 37.0 Å². The monoisotopic (exact) mass is 260 g/mol. The van der Waals surface area contributed by atoms with Gasteiger partial charge in [0.15, 0.2) is 0 Å². The van der Waals surface area contributed by atoms with Gasteiger partial charge >= 0.3 is 0 Å². The third-order valence-electron chi connectivity index (χ3n) is 3.93. The van der Waals surface area contributed by atoms with Crippen molar-refractivity contribution in [3.05, 3.63) is 34.9 Å². The molecule has 0 atom stereocenters. The second kappa shape index (κ2) is 5.31. The molecule has 2 heterocycles. The van der Waals surface area contributed by atoms with Crippen molar-refractivity contribution in [2.45, 2.75) is 32.1 Å². The molecule has 1 aromatic carbocycles. The molecule has 0 aliphatic carbocycles. The Labute approximate surface area is 113 Å². The molecular formula is C15H20N2O2. The van der Waals surface area contributed by atoms with Gasteiger partial charge in [0, 0.05) is 19.2 Å². The predicted molar refractivity (Wildman–Crippen MR) is 72.9 cm³/mol. The van der Waals surface area contributed by atoms with Crippen molar-refractivity contribution in [2.24, 2.45) is 0 Å². The SMILES string of the molecule is CN1Cc2ccc(COC3CCNCC3)cc2C1=O. The summed E-state index contributed by atoms with van der Waals surface area (Å²) in [4.78, 5) is 13.7. The largest absolute Gasteiger partial charge is 0.373 e. The van der Waals surface area contributed by atoms with Gasteiger partial charge in [0.1, 0.15) is 0 Å². The highest BCUT2D eigenvalue weighted by molar-refractivity contribution is 5.98. The number of carbonyl (C=O) groups is 1. The summed E-state index contributed by atoms with van der Waals surface area (Å²) in [6, 6.07) is 6.12. The average Bonchev–Trinajstić information content (AvgIpc) is 2.73. The lowest BCUT2D eigenvalue weighted by atomic mass is 10.1. The van der Waals surface area contributed by atoms with Crippen molar-refractivity contribution < 1.29 is 9.53 Å². The summed E-state index contributed by atoms with van der Waals surface area (Å²) in [6.45, 7) is 3.41. The van der Waals surface area contributed by atoms with Crippen LogP contribution in [-0.2, 0) is 17.9 Å². The third kappa shape index (κ3) is 2.65. The Morgan fingerprint density at radius 2 is 2.16 bits per heavy atom. The number of carbonyl (C=O) groups excluding carboxylic acids is 1. The van der Waals surface area contributed by atoms with Crippen molar-refractivity contribution >= 4 is 5.91 Å². The van der Waals surface area contributed by atoms with Gasteiger partial charge in [-0.25, -0.2) is 0 Å². The van der Waals surface area contributed by atoms with E-state index < -0.39 is 0 Å². The first kappa shape index (κ1) is 12.6. The number of nitrogens with zero attached hydrogens (tertiary/aromatic N) is 1. The number of amides is 1. The van der Waals surface area contributed by atoms with Crippen molar-refractivity contribution in [2.75, 3.05) is 20.1 Å². The summed E-state index contributed by atoms with van der Waals surface area (Å²) in [5.41, 5.74) is 3.06. The maximum atomic E-state index is 11.9. The molecule has 2 aliphatic heterocycles. The molecule has 0 aromatic heterocycles. The molecule has 1 fully saturated rings. The number of hydrogen-bond acceptors (Lipinski definition) is 3. The van der Waals surface area contributed by atoms with Crippen LogP contribution in [0.1, 0.15) is 34.3 Å². The minimum atomic E-state index is 0.124. The lowest BCUT2D eigenvalue weighted by Crippen LogP contribution is -2.32. The first-order valence-electron chi connectivity index (χ1n) is 6.93. The number of hydrogen-bond donors (Lipinski definition) is 1. The van der Waals surface area contributed by atoms with Crippen LogP contribution in [0.2, 0.25) is 0 Å². The number of piperidine rings is 1. The molecule has 3 rings (SSSR count). The van der Waals surface area contributed by atoms with Gasteiger partial charge in [-0.1, -0.05) is 12.1 Å². The van der Waals surface area contributed by atoms with Gasteiger partial charge in [-0.05, 0) is 43.1 Å². The second-order valence-corrected chi connectivity index (χ2v) is 5.41. The molecule has 1 amide bonds. The summed E-state index contributed by atoms with van der Waals surface area (Å²) in [5, 5.41) is 3.33. The minimum absolute atomic E-state index is 0.124. The summed E-state index contributed by atoms with van der Waals surface area (Å²) < 4.78 is 5.93. The highest BCUT2D eigenvalue weighted by atomic mass is 16.5. The smallest absolute Gasteiger partial charge is 0.254 e. The van der Waals surface area contributed by atoms with Crippen LogP contribution >= 0.6 is 0 Å². The van der Waals surface area contributed by atoms with E-state index in [1.807, 2.05) is 13.1 Å². The average molecular weight is 260 g/mol. The lowest BCUT2D eigenvalue weighted by molar-refractivity contribution is 0.0212. The maximum absolute atomic E-state index is 11.9. The number of ether oxygens (including phenoxy) is 1. The summed E-state index contributed by atoms with van der Waals surface area (Å²) in [6.07, 6.45) is 2.51. The van der Waals surface area contributed by atoms with E-state index in [-0.39, 0.29) is 5.91 Å². The van der Waals surface area contributed by atoms with Gasteiger partial charge < -0.3 is 15.0 Å². The van der Waals surface area contributed by atoms with Crippen LogP contribution < -0.4 is 5.32 Å². The summed E-state index contributed by atoms with van der Waals surface area (Å²) in [7, 11) is 1.84. The molecule has 0 spiro atoms. The van der Waals surface area contributed by atoms with E-state index in [9.17, 15) is 4.79 Å². The maximum Gasteiger partial charge on any atom is 0.254 e. The quantitative estimate of drug-likeness (QED) is 0.896. The first-order chi connectivity index (χ1) is 9.24. The van der Waals surface area contributed by atoms with Gasteiger partial charge in [-0.2, -0.15) is 0 Å². The van der Waals surface area contributed by atoms with Gasteiger partial charge in [-0.3, -0.25) is 4.79 Å². The van der Waals surface area contributed by atoms with E-state index in [1.54, 1.807) is 4.90 Å². The van der Waals surface area contributed by atoms with E-state index in [0.717, 1.165) is 49.2 Å². The molecular weight excluding hydrogens is 240 g/mol. The van der Waals surface area contributed by atoms with E-state index in [4.69, 9.17) is 4.74 Å². The van der Waals surface area contributed by atoms with E-state index >= 15 is 0 Å². The normalized spacial score (nSPS) is 19.8. The summed E-state index contributed by atoms with van der Waals surface area (Å²) in [5.74, 6) is 0.124. The van der Waals surface area contributed by atoms with Gasteiger partial charge in [0.2, 0.25) is 0 Å². The molecule has 1 aromatic rings. The molecule has 0 saturated carbocycles. The van der Waals surface area contributed by atoms with Crippen LogP contribution in [0.5, 0.6) is 0 Å². The van der Waals surface area contributed by atoms with Crippen LogP contribution in [0.15, 0.2) is 18.2 Å². The zero-order valence-corrected chi connectivity index (χ0v) is 11.3. The zero-order chi connectivity index (χ0) is 13.2. The molecule has 0 radical (unpaired) electrons. The van der Waals surface area contributed by atoms with Crippen molar-refractivity contribution in [1.82, 2.24) is 10.2 Å². The zero-order valence-electron chi connectivity index (χ0n) is 11.3. The Bertz CT molecular complexity index is 481. The Morgan fingerprint density at radius 1 is 1.37 bits per heavy atom. The van der Waals surface area contributed by atoms with E-state index in [0.29, 0.717) is 12.7 Å². The number of benzene rings is 1. The molecule has 4 heteroatoms. The topological polar surface area (TPSA) is 41.6 Å². The van der Waals surface area contributed by atoms with Crippen LogP contribution in [0, 0.1) is 0 Å². The van der Waals surface area contributed by atoms with Gasteiger partial charge in [0.25, 0.3) is 5.91 Å². The van der Waals surface area contributed by atoms with E-state index in [1.165, 1.54) is 0 Å². The fraction of sp³-hybridized carbons (Fsp3) is 0.533. The molecule has 19 heavy (non-hydrogen) atoms. The van der Waals surface area contributed by atoms with E-state index in [2.05, 4.69) is 17.4 Å². The van der Waals surface area contributed by atoms with Gasteiger partial charge in [-0.15, -0.1) is 0 Å². The molecule has 0 bridgehead atoms.